The van der Waals surface area contributed by atoms with Gasteiger partial charge in [0.05, 0.1) is 23.9 Å². The second-order valence-electron chi connectivity index (χ2n) is 15.9. The van der Waals surface area contributed by atoms with Gasteiger partial charge in [-0.15, -0.1) is 0 Å². The summed E-state index contributed by atoms with van der Waals surface area (Å²) in [6, 6.07) is 0. The number of hydrogen-bond donors (Lipinski definition) is 3. The van der Waals surface area contributed by atoms with Crippen LogP contribution in [0.5, 0.6) is 0 Å². The standard InChI is InChI=1S/C42H60O7/c1-29(17-13-18-31(3)21-22-37-39(8,28-43)25-35(48-33(5)44)26-40(37,9)47)15-11-12-16-30(2)19-14-20-32(4)36(46)27-42-38(6,7)23-34(45)24-41(42,10)49-42/h11-20,22,34-35,43,45,47H,21,23-28H2,1-10H3/b12-11+,17-13+,19-14+,29-15+,30-16+,31-18+,32-20+,37-22?/t34-,35-,39-,40+,41+,42-/m0/s1. The van der Waals surface area contributed by atoms with Gasteiger partial charge in [-0.05, 0) is 77.4 Å². The molecule has 7 heteroatoms. The summed E-state index contributed by atoms with van der Waals surface area (Å²) in [6.07, 6.45) is 24.0. The molecule has 0 unspecified atom stereocenters. The Morgan fingerprint density at radius 1 is 0.837 bits per heavy atom. The number of hydrogen-bond acceptors (Lipinski definition) is 7. The first-order chi connectivity index (χ1) is 22.7. The first kappa shape index (κ1) is 40.3. The Morgan fingerprint density at radius 3 is 1.98 bits per heavy atom. The van der Waals surface area contributed by atoms with E-state index in [0.717, 1.165) is 22.3 Å². The summed E-state index contributed by atoms with van der Waals surface area (Å²) in [5, 5.41) is 31.7. The number of aliphatic hydroxyl groups is 3. The lowest BCUT2D eigenvalue weighted by Crippen LogP contribution is -2.49. The van der Waals surface area contributed by atoms with E-state index in [2.05, 4.69) is 13.8 Å². The van der Waals surface area contributed by atoms with Gasteiger partial charge < -0.3 is 24.8 Å². The molecule has 2 aliphatic carbocycles. The zero-order chi connectivity index (χ0) is 36.8. The number of epoxide rings is 1. The lowest BCUT2D eigenvalue weighted by Gasteiger charge is -2.47. The van der Waals surface area contributed by atoms with Crippen molar-refractivity contribution in [3.8, 4) is 0 Å². The highest BCUT2D eigenvalue weighted by Crippen LogP contribution is 2.67. The highest BCUT2D eigenvalue weighted by atomic mass is 16.6. The molecule has 3 rings (SSSR count). The van der Waals surface area contributed by atoms with Crippen LogP contribution < -0.4 is 0 Å². The van der Waals surface area contributed by atoms with Gasteiger partial charge in [0.15, 0.2) is 5.78 Å². The molecule has 0 aromatic carbocycles. The van der Waals surface area contributed by atoms with Crippen LogP contribution in [-0.2, 0) is 19.1 Å². The van der Waals surface area contributed by atoms with Crippen LogP contribution in [0, 0.1) is 10.8 Å². The molecule has 1 saturated heterocycles. The number of carbonyl (C=O) groups is 2. The minimum absolute atomic E-state index is 0.0767. The minimum Gasteiger partial charge on any atom is -0.462 e. The predicted octanol–water partition coefficient (Wildman–Crippen LogP) is 7.90. The molecule has 0 aromatic heterocycles. The fourth-order valence-corrected chi connectivity index (χ4v) is 8.00. The SMILES string of the molecule is CC(=O)O[C@H]1C[C@@](C)(CO)C(=CC/C(C)=C/C=C/C(C)=C/C=C/C=C(C)/C=C/C=C(\C)C(=O)C[C@@]23O[C@]2(C)C[C@@H](O)CC3(C)C)[C@](C)(O)C1. The molecule has 1 aliphatic heterocycles. The minimum atomic E-state index is -1.18. The molecule has 0 bridgehead atoms. The third-order valence-electron chi connectivity index (χ3n) is 10.6. The lowest BCUT2D eigenvalue weighted by molar-refractivity contribution is -0.153. The number of esters is 1. The maximum absolute atomic E-state index is 13.1. The molecule has 1 heterocycles. The number of fused-ring (bicyclic) bond motifs is 1. The Hall–Kier alpha value is -3.10. The molecule has 3 N–H and O–H groups in total. The molecule has 3 fully saturated rings. The molecule has 49 heavy (non-hydrogen) atoms. The Bertz CT molecular complexity index is 1500. The smallest absolute Gasteiger partial charge is 0.302 e. The summed E-state index contributed by atoms with van der Waals surface area (Å²) in [5.74, 6) is -0.306. The Kier molecular flexibility index (Phi) is 13.0. The van der Waals surface area contributed by atoms with Crippen LogP contribution in [0.15, 0.2) is 94.7 Å². The van der Waals surface area contributed by atoms with Gasteiger partial charge in [0, 0.05) is 31.6 Å². The average molecular weight is 677 g/mol. The van der Waals surface area contributed by atoms with Gasteiger partial charge in [-0.25, -0.2) is 0 Å². The molecule has 7 nitrogen and oxygen atoms in total. The van der Waals surface area contributed by atoms with Gasteiger partial charge in [-0.3, -0.25) is 9.59 Å². The van der Waals surface area contributed by atoms with E-state index in [-0.39, 0.29) is 23.8 Å². The fourth-order valence-electron chi connectivity index (χ4n) is 8.00. The highest BCUT2D eigenvalue weighted by molar-refractivity contribution is 5.96. The number of ether oxygens (including phenoxy) is 2. The fraction of sp³-hybridized carbons (Fsp3) is 0.571. The molecular weight excluding hydrogens is 616 g/mol. The summed E-state index contributed by atoms with van der Waals surface area (Å²) in [4.78, 5) is 24.6. The van der Waals surface area contributed by atoms with E-state index in [4.69, 9.17) is 9.47 Å². The van der Waals surface area contributed by atoms with Crippen LogP contribution in [0.3, 0.4) is 0 Å². The summed E-state index contributed by atoms with van der Waals surface area (Å²) < 4.78 is 11.6. The van der Waals surface area contributed by atoms with E-state index in [0.29, 0.717) is 44.1 Å². The van der Waals surface area contributed by atoms with Crippen LogP contribution in [-0.4, -0.2) is 62.7 Å². The molecule has 0 spiro atoms. The van der Waals surface area contributed by atoms with Crippen LogP contribution in [0.2, 0.25) is 0 Å². The second-order valence-corrected chi connectivity index (χ2v) is 15.9. The first-order valence-electron chi connectivity index (χ1n) is 17.5. The van der Waals surface area contributed by atoms with Gasteiger partial charge >= 0.3 is 5.97 Å². The average Bonchev–Trinajstić information content (AvgIpc) is 3.58. The number of rotatable bonds is 13. The van der Waals surface area contributed by atoms with Gasteiger partial charge in [0.2, 0.25) is 0 Å². The summed E-state index contributed by atoms with van der Waals surface area (Å²) in [7, 11) is 0. The second kappa shape index (κ2) is 15.8. The van der Waals surface area contributed by atoms with Crippen molar-refractivity contribution in [1.82, 2.24) is 0 Å². The van der Waals surface area contributed by atoms with E-state index in [1.165, 1.54) is 6.92 Å². The molecule has 3 aliphatic rings. The summed E-state index contributed by atoms with van der Waals surface area (Å²) in [6.45, 7) is 19.0. The quantitative estimate of drug-likeness (QED) is 0.0597. The van der Waals surface area contributed by atoms with Crippen molar-refractivity contribution in [1.29, 1.82) is 0 Å². The zero-order valence-corrected chi connectivity index (χ0v) is 31.4. The summed E-state index contributed by atoms with van der Waals surface area (Å²) in [5.41, 5.74) is 1.66. The largest absolute Gasteiger partial charge is 0.462 e. The van der Waals surface area contributed by atoms with Crippen molar-refractivity contribution in [3.05, 3.63) is 94.7 Å². The van der Waals surface area contributed by atoms with Gasteiger partial charge in [0.1, 0.15) is 11.7 Å². The predicted molar refractivity (Wildman–Crippen MR) is 197 cm³/mol. The Morgan fingerprint density at radius 2 is 1.43 bits per heavy atom. The van der Waals surface area contributed by atoms with Crippen LogP contribution in [0.25, 0.3) is 0 Å². The van der Waals surface area contributed by atoms with Crippen molar-refractivity contribution < 1.29 is 34.4 Å². The molecule has 0 amide bonds. The van der Waals surface area contributed by atoms with E-state index < -0.39 is 34.4 Å². The Balaban J connectivity index is 1.52. The number of ketones is 1. The maximum atomic E-state index is 13.1. The topological polar surface area (TPSA) is 117 Å². The molecule has 2 saturated carbocycles. The van der Waals surface area contributed by atoms with E-state index >= 15 is 0 Å². The maximum Gasteiger partial charge on any atom is 0.302 e. The van der Waals surface area contributed by atoms with Crippen molar-refractivity contribution >= 4 is 11.8 Å². The van der Waals surface area contributed by atoms with Crippen molar-refractivity contribution in [2.24, 2.45) is 10.8 Å². The highest BCUT2D eigenvalue weighted by Gasteiger charge is 2.76. The molecule has 0 radical (unpaired) electrons. The van der Waals surface area contributed by atoms with Crippen LogP contribution in [0.1, 0.15) is 108 Å². The molecule has 0 aromatic rings. The molecule has 6 atom stereocenters. The van der Waals surface area contributed by atoms with Gasteiger partial charge in [-0.1, -0.05) is 104 Å². The number of aliphatic hydroxyl groups excluding tert-OH is 2. The van der Waals surface area contributed by atoms with Gasteiger partial charge in [-0.2, -0.15) is 0 Å². The third-order valence-corrected chi connectivity index (χ3v) is 10.6. The first-order valence-corrected chi connectivity index (χ1v) is 17.5. The van der Waals surface area contributed by atoms with E-state index in [1.54, 1.807) is 6.92 Å². The van der Waals surface area contributed by atoms with Crippen LogP contribution in [0.4, 0.5) is 0 Å². The number of Topliss-reactive ketones (excluding diaryl/α,β-unsaturated/α-hetero) is 1. The zero-order valence-electron chi connectivity index (χ0n) is 31.4. The Labute approximate surface area is 294 Å². The molecule has 270 valence electrons. The monoisotopic (exact) mass is 676 g/mol. The van der Waals surface area contributed by atoms with Crippen LogP contribution >= 0.6 is 0 Å². The van der Waals surface area contributed by atoms with Crippen molar-refractivity contribution in [2.45, 2.75) is 137 Å². The van der Waals surface area contributed by atoms with Crippen molar-refractivity contribution in [2.75, 3.05) is 6.61 Å². The number of allylic oxidation sites excluding steroid dienone is 15. The summed E-state index contributed by atoms with van der Waals surface area (Å²) >= 11 is 0. The van der Waals surface area contributed by atoms with Crippen molar-refractivity contribution in [3.63, 3.8) is 0 Å². The lowest BCUT2D eigenvalue weighted by atomic mass is 9.61. The van der Waals surface area contributed by atoms with E-state index in [9.17, 15) is 24.9 Å². The van der Waals surface area contributed by atoms with E-state index in [1.807, 2.05) is 108 Å². The number of carbonyl (C=O) groups excluding carboxylic acids is 2. The normalized spacial score (nSPS) is 35.0. The molecular formula is C42H60O7. The van der Waals surface area contributed by atoms with Gasteiger partial charge in [0.25, 0.3) is 0 Å². The third kappa shape index (κ3) is 10.0.